The summed E-state index contributed by atoms with van der Waals surface area (Å²) < 4.78 is 7.42. The minimum atomic E-state index is 0.278. The van der Waals surface area contributed by atoms with E-state index in [-0.39, 0.29) is 6.10 Å². The van der Waals surface area contributed by atoms with Crippen molar-refractivity contribution in [3.8, 4) is 0 Å². The number of nitrogens with one attached hydrogen (secondary N) is 1. The number of aromatic nitrogens is 2. The van der Waals surface area contributed by atoms with Crippen LogP contribution in [0.3, 0.4) is 0 Å². The summed E-state index contributed by atoms with van der Waals surface area (Å²) in [7, 11) is 0. The zero-order valence-electron chi connectivity index (χ0n) is 9.44. The molecule has 84 valence electrons. The molecule has 0 atom stereocenters. The van der Waals surface area contributed by atoms with E-state index in [2.05, 4.69) is 16.9 Å². The molecule has 0 bridgehead atoms. The van der Waals surface area contributed by atoms with E-state index in [1.165, 1.54) is 0 Å². The van der Waals surface area contributed by atoms with Crippen LogP contribution in [0.5, 0.6) is 0 Å². The Labute approximate surface area is 91.0 Å². The fraction of sp³-hybridized carbons (Fsp3) is 0.545. The first-order chi connectivity index (χ1) is 7.24. The monoisotopic (exact) mass is 209 g/mol. The second-order valence-corrected chi connectivity index (χ2v) is 3.54. The lowest BCUT2D eigenvalue weighted by Gasteiger charge is -2.10. The fourth-order valence-corrected chi connectivity index (χ4v) is 1.22. The van der Waals surface area contributed by atoms with Crippen LogP contribution in [0.2, 0.25) is 0 Å². The van der Waals surface area contributed by atoms with Gasteiger partial charge in [0, 0.05) is 25.5 Å². The standard InChI is InChI=1S/C11H19N3O/c1-4-7-14-8-5-12-11(14)13-6-9-15-10(2)3/h4-5,8,10H,1,6-7,9H2,2-3H3,(H,12,13). The van der Waals surface area contributed by atoms with Gasteiger partial charge in [0.15, 0.2) is 0 Å². The molecule has 1 rings (SSSR count). The van der Waals surface area contributed by atoms with Crippen molar-refractivity contribution < 1.29 is 4.74 Å². The van der Waals surface area contributed by atoms with E-state index in [4.69, 9.17) is 4.74 Å². The summed E-state index contributed by atoms with van der Waals surface area (Å²) in [5, 5.41) is 3.21. The number of hydrogen-bond donors (Lipinski definition) is 1. The Balaban J connectivity index is 2.30. The number of ether oxygens (including phenoxy) is 1. The lowest BCUT2D eigenvalue weighted by atomic mass is 10.5. The second kappa shape index (κ2) is 6.24. The second-order valence-electron chi connectivity index (χ2n) is 3.54. The highest BCUT2D eigenvalue weighted by Gasteiger charge is 1.99. The number of hydrogen-bond acceptors (Lipinski definition) is 3. The highest BCUT2D eigenvalue weighted by atomic mass is 16.5. The molecule has 4 heteroatoms. The molecule has 0 aliphatic heterocycles. The van der Waals surface area contributed by atoms with Crippen molar-refractivity contribution in [1.82, 2.24) is 9.55 Å². The van der Waals surface area contributed by atoms with Crippen LogP contribution in [0.15, 0.2) is 25.0 Å². The average molecular weight is 209 g/mol. The summed E-state index contributed by atoms with van der Waals surface area (Å²) in [6, 6.07) is 0. The van der Waals surface area contributed by atoms with Gasteiger partial charge in [0.2, 0.25) is 5.95 Å². The Morgan fingerprint density at radius 2 is 2.47 bits per heavy atom. The maximum absolute atomic E-state index is 5.42. The fourth-order valence-electron chi connectivity index (χ4n) is 1.22. The van der Waals surface area contributed by atoms with Crippen molar-refractivity contribution in [2.75, 3.05) is 18.5 Å². The predicted octanol–water partition coefficient (Wildman–Crippen LogP) is 1.91. The van der Waals surface area contributed by atoms with Crippen molar-refractivity contribution in [3.05, 3.63) is 25.0 Å². The van der Waals surface area contributed by atoms with Crippen LogP contribution in [0, 0.1) is 0 Å². The van der Waals surface area contributed by atoms with Gasteiger partial charge < -0.3 is 14.6 Å². The third-order valence-corrected chi connectivity index (χ3v) is 1.88. The molecule has 0 amide bonds. The van der Waals surface area contributed by atoms with Crippen LogP contribution >= 0.6 is 0 Å². The van der Waals surface area contributed by atoms with E-state index in [1.54, 1.807) is 6.20 Å². The van der Waals surface area contributed by atoms with Gasteiger partial charge in [-0.1, -0.05) is 6.08 Å². The SMILES string of the molecule is C=CCn1ccnc1NCCOC(C)C. The summed E-state index contributed by atoms with van der Waals surface area (Å²) in [5.74, 6) is 0.863. The number of nitrogens with zero attached hydrogens (tertiary/aromatic N) is 2. The van der Waals surface area contributed by atoms with E-state index >= 15 is 0 Å². The molecule has 15 heavy (non-hydrogen) atoms. The predicted molar refractivity (Wildman–Crippen MR) is 62.0 cm³/mol. The Kier molecular flexibility index (Phi) is 4.90. The van der Waals surface area contributed by atoms with Gasteiger partial charge in [-0.15, -0.1) is 6.58 Å². The molecule has 1 aromatic heterocycles. The molecule has 0 aromatic carbocycles. The summed E-state index contributed by atoms with van der Waals surface area (Å²) in [5.41, 5.74) is 0. The zero-order chi connectivity index (χ0) is 11.1. The smallest absolute Gasteiger partial charge is 0.203 e. The third kappa shape index (κ3) is 4.16. The molecule has 1 aromatic rings. The van der Waals surface area contributed by atoms with Crippen molar-refractivity contribution in [2.24, 2.45) is 0 Å². The normalized spacial score (nSPS) is 10.6. The summed E-state index contributed by atoms with van der Waals surface area (Å²) >= 11 is 0. The van der Waals surface area contributed by atoms with E-state index in [1.807, 2.05) is 30.7 Å². The van der Waals surface area contributed by atoms with Crippen LogP contribution in [-0.2, 0) is 11.3 Å². The van der Waals surface area contributed by atoms with Crippen molar-refractivity contribution in [3.63, 3.8) is 0 Å². The quantitative estimate of drug-likeness (QED) is 0.550. The lowest BCUT2D eigenvalue weighted by molar-refractivity contribution is 0.0869. The van der Waals surface area contributed by atoms with Crippen molar-refractivity contribution in [2.45, 2.75) is 26.5 Å². The Bertz CT molecular complexity index is 294. The molecule has 0 spiro atoms. The number of anilines is 1. The molecule has 0 aliphatic carbocycles. The Morgan fingerprint density at radius 3 is 3.13 bits per heavy atom. The molecule has 1 heterocycles. The van der Waals surface area contributed by atoms with E-state index in [9.17, 15) is 0 Å². The van der Waals surface area contributed by atoms with Gasteiger partial charge in [-0.25, -0.2) is 4.98 Å². The first-order valence-electron chi connectivity index (χ1n) is 5.21. The largest absolute Gasteiger partial charge is 0.377 e. The molecule has 0 radical (unpaired) electrons. The molecule has 1 N–H and O–H groups in total. The van der Waals surface area contributed by atoms with E-state index in [0.29, 0.717) is 6.61 Å². The van der Waals surface area contributed by atoms with Gasteiger partial charge in [-0.3, -0.25) is 0 Å². The molecule has 4 nitrogen and oxygen atoms in total. The number of imidazole rings is 1. The molecule has 0 saturated heterocycles. The molecular weight excluding hydrogens is 190 g/mol. The number of allylic oxidation sites excluding steroid dienone is 1. The maximum atomic E-state index is 5.42. The van der Waals surface area contributed by atoms with Crippen LogP contribution < -0.4 is 5.32 Å². The molecule has 0 saturated carbocycles. The first kappa shape index (κ1) is 11.8. The average Bonchev–Trinajstić information content (AvgIpc) is 2.61. The van der Waals surface area contributed by atoms with Crippen LogP contribution in [0.1, 0.15) is 13.8 Å². The highest BCUT2D eigenvalue weighted by Crippen LogP contribution is 2.03. The molecule has 0 unspecified atom stereocenters. The van der Waals surface area contributed by atoms with Crippen molar-refractivity contribution >= 4 is 5.95 Å². The van der Waals surface area contributed by atoms with Crippen LogP contribution in [-0.4, -0.2) is 28.8 Å². The van der Waals surface area contributed by atoms with Crippen LogP contribution in [0.4, 0.5) is 5.95 Å². The molecular formula is C11H19N3O. The maximum Gasteiger partial charge on any atom is 0.203 e. The van der Waals surface area contributed by atoms with E-state index < -0.39 is 0 Å². The lowest BCUT2D eigenvalue weighted by Crippen LogP contribution is -2.15. The number of rotatable bonds is 7. The van der Waals surface area contributed by atoms with Gasteiger partial charge in [-0.2, -0.15) is 0 Å². The zero-order valence-corrected chi connectivity index (χ0v) is 9.44. The van der Waals surface area contributed by atoms with Gasteiger partial charge in [0.05, 0.1) is 12.7 Å². The topological polar surface area (TPSA) is 39.1 Å². The minimum absolute atomic E-state index is 0.278. The van der Waals surface area contributed by atoms with E-state index in [0.717, 1.165) is 19.0 Å². The third-order valence-electron chi connectivity index (χ3n) is 1.88. The molecule has 0 aliphatic rings. The summed E-state index contributed by atoms with van der Waals surface area (Å²) in [6.07, 6.45) is 5.82. The van der Waals surface area contributed by atoms with Gasteiger partial charge >= 0.3 is 0 Å². The van der Waals surface area contributed by atoms with Gasteiger partial charge in [-0.05, 0) is 13.8 Å². The Hall–Kier alpha value is -1.29. The van der Waals surface area contributed by atoms with Gasteiger partial charge in [0.1, 0.15) is 0 Å². The Morgan fingerprint density at radius 1 is 1.67 bits per heavy atom. The van der Waals surface area contributed by atoms with Crippen LogP contribution in [0.25, 0.3) is 0 Å². The highest BCUT2D eigenvalue weighted by molar-refractivity contribution is 5.25. The molecule has 0 fully saturated rings. The summed E-state index contributed by atoms with van der Waals surface area (Å²) in [4.78, 5) is 4.20. The van der Waals surface area contributed by atoms with Gasteiger partial charge in [0.25, 0.3) is 0 Å². The summed E-state index contributed by atoms with van der Waals surface area (Å²) in [6.45, 7) is 9.98. The van der Waals surface area contributed by atoms with Crippen molar-refractivity contribution in [1.29, 1.82) is 0 Å². The minimum Gasteiger partial charge on any atom is -0.377 e. The first-order valence-corrected chi connectivity index (χ1v) is 5.21.